The first-order chi connectivity index (χ1) is 13.6. The van der Waals surface area contributed by atoms with Crippen molar-refractivity contribution in [1.29, 1.82) is 0 Å². The number of alkyl halides is 3. The van der Waals surface area contributed by atoms with Gasteiger partial charge in [0.2, 0.25) is 0 Å². The molecule has 0 radical (unpaired) electrons. The number of nitrogens with one attached hydrogen (secondary N) is 2. The third-order valence-corrected chi connectivity index (χ3v) is 4.21. The van der Waals surface area contributed by atoms with Gasteiger partial charge >= 0.3 is 6.18 Å². The Morgan fingerprint density at radius 3 is 2.45 bits per heavy atom. The zero-order chi connectivity index (χ0) is 21.3. The lowest BCUT2D eigenvalue weighted by atomic mass is 10.1. The molecule has 4 N–H and O–H groups in total. The van der Waals surface area contributed by atoms with Gasteiger partial charge in [-0.1, -0.05) is 6.07 Å². The van der Waals surface area contributed by atoms with Crippen molar-refractivity contribution in [3.05, 3.63) is 59.2 Å². The molecule has 0 spiro atoms. The summed E-state index contributed by atoms with van der Waals surface area (Å²) in [5.41, 5.74) is 7.78. The Labute approximate surface area is 162 Å². The fourth-order valence-corrected chi connectivity index (χ4v) is 2.84. The van der Waals surface area contributed by atoms with E-state index in [1.54, 1.807) is 6.92 Å². The standard InChI is InChI=1S/C18H16F5N5O/c1-2-28-12(8-13(27-28)18(21,22)23)9-6-7-14(25-16(9)24)26-17(29)15-10(19)4-3-5-11(15)20/h3-8,13,27H,2H2,1H3,(H3,24,25,26,29). The highest BCUT2D eigenvalue weighted by Gasteiger charge is 2.43. The second kappa shape index (κ2) is 7.66. The Kier molecular flexibility index (Phi) is 5.42. The number of benzene rings is 1. The van der Waals surface area contributed by atoms with E-state index in [1.165, 1.54) is 17.1 Å². The van der Waals surface area contributed by atoms with Gasteiger partial charge < -0.3 is 16.1 Å². The van der Waals surface area contributed by atoms with E-state index < -0.39 is 35.3 Å². The number of aromatic nitrogens is 1. The maximum Gasteiger partial charge on any atom is 0.409 e. The van der Waals surface area contributed by atoms with Gasteiger partial charge in [0.05, 0.1) is 5.70 Å². The molecule has 1 aromatic carbocycles. The topological polar surface area (TPSA) is 83.3 Å². The summed E-state index contributed by atoms with van der Waals surface area (Å²) >= 11 is 0. The summed E-state index contributed by atoms with van der Waals surface area (Å²) in [6, 6.07) is 3.74. The SMILES string of the molecule is CCN1NC(C(F)(F)F)C=C1c1ccc(NC(=O)c2c(F)cccc2F)nc1N. The van der Waals surface area contributed by atoms with Crippen molar-refractivity contribution in [2.24, 2.45) is 0 Å². The Morgan fingerprint density at radius 1 is 1.24 bits per heavy atom. The lowest BCUT2D eigenvalue weighted by molar-refractivity contribution is -0.149. The molecule has 29 heavy (non-hydrogen) atoms. The van der Waals surface area contributed by atoms with E-state index in [2.05, 4.69) is 15.7 Å². The fourth-order valence-electron chi connectivity index (χ4n) is 2.84. The second-order valence-electron chi connectivity index (χ2n) is 6.12. The van der Waals surface area contributed by atoms with E-state index in [4.69, 9.17) is 5.73 Å². The quantitative estimate of drug-likeness (QED) is 0.670. The monoisotopic (exact) mass is 413 g/mol. The number of hydrogen-bond acceptors (Lipinski definition) is 5. The third kappa shape index (κ3) is 4.14. The van der Waals surface area contributed by atoms with Crippen molar-refractivity contribution in [3.8, 4) is 0 Å². The maximum atomic E-state index is 13.7. The minimum Gasteiger partial charge on any atom is -0.383 e. The summed E-state index contributed by atoms with van der Waals surface area (Å²) in [5.74, 6) is -3.45. The van der Waals surface area contributed by atoms with Crippen molar-refractivity contribution in [3.63, 3.8) is 0 Å². The maximum absolute atomic E-state index is 13.7. The van der Waals surface area contributed by atoms with Crippen LogP contribution < -0.4 is 16.5 Å². The molecule has 0 fully saturated rings. The zero-order valence-corrected chi connectivity index (χ0v) is 15.0. The van der Waals surface area contributed by atoms with Gasteiger partial charge in [-0.05, 0) is 37.3 Å². The fraction of sp³-hybridized carbons (Fsp3) is 0.222. The highest BCUT2D eigenvalue weighted by molar-refractivity contribution is 6.04. The number of amides is 1. The van der Waals surface area contributed by atoms with Crippen molar-refractivity contribution < 1.29 is 26.7 Å². The summed E-state index contributed by atoms with van der Waals surface area (Å²) < 4.78 is 66.4. The Hall–Kier alpha value is -3.21. The second-order valence-corrected chi connectivity index (χ2v) is 6.12. The third-order valence-electron chi connectivity index (χ3n) is 4.21. The van der Waals surface area contributed by atoms with Gasteiger partial charge in [0, 0.05) is 12.1 Å². The molecule has 0 saturated heterocycles. The molecule has 1 aromatic heterocycles. The molecule has 2 heterocycles. The number of nitrogens with zero attached hydrogens (tertiary/aromatic N) is 2. The number of halogens is 5. The van der Waals surface area contributed by atoms with E-state index in [-0.39, 0.29) is 29.4 Å². The zero-order valence-electron chi connectivity index (χ0n) is 15.0. The van der Waals surface area contributed by atoms with E-state index in [9.17, 15) is 26.7 Å². The summed E-state index contributed by atoms with van der Waals surface area (Å²) in [7, 11) is 0. The van der Waals surface area contributed by atoms with E-state index in [0.717, 1.165) is 24.3 Å². The number of hydrazine groups is 1. The highest BCUT2D eigenvalue weighted by Crippen LogP contribution is 2.33. The van der Waals surface area contributed by atoms with Gasteiger partial charge in [0.25, 0.3) is 5.91 Å². The van der Waals surface area contributed by atoms with Gasteiger partial charge in [0.15, 0.2) is 0 Å². The van der Waals surface area contributed by atoms with Crippen LogP contribution in [0.4, 0.5) is 33.6 Å². The number of nitrogens with two attached hydrogens (primary N) is 1. The van der Waals surface area contributed by atoms with Crippen LogP contribution in [0, 0.1) is 11.6 Å². The highest BCUT2D eigenvalue weighted by atomic mass is 19.4. The van der Waals surface area contributed by atoms with Crippen molar-refractivity contribution in [2.75, 3.05) is 17.6 Å². The molecule has 0 aliphatic carbocycles. The van der Waals surface area contributed by atoms with E-state index >= 15 is 0 Å². The molecule has 1 aliphatic rings. The van der Waals surface area contributed by atoms with E-state index in [0.29, 0.717) is 0 Å². The van der Waals surface area contributed by atoms with Crippen LogP contribution in [0.2, 0.25) is 0 Å². The molecular weight excluding hydrogens is 397 g/mol. The lowest BCUT2D eigenvalue weighted by Crippen LogP contribution is -2.44. The van der Waals surface area contributed by atoms with Gasteiger partial charge in [-0.25, -0.2) is 19.2 Å². The van der Waals surface area contributed by atoms with E-state index in [1.807, 2.05) is 0 Å². The molecule has 1 aliphatic heterocycles. The number of nitrogen functional groups attached to an aromatic ring is 1. The van der Waals surface area contributed by atoms with Crippen molar-refractivity contribution in [2.45, 2.75) is 19.1 Å². The molecule has 11 heteroatoms. The van der Waals surface area contributed by atoms with Crippen molar-refractivity contribution >= 4 is 23.2 Å². The smallest absolute Gasteiger partial charge is 0.383 e. The largest absolute Gasteiger partial charge is 0.409 e. The summed E-state index contributed by atoms with van der Waals surface area (Å²) in [6.45, 7) is 1.88. The predicted molar refractivity (Wildman–Crippen MR) is 96.3 cm³/mol. The number of pyridine rings is 1. The van der Waals surface area contributed by atoms with Crippen LogP contribution in [-0.4, -0.2) is 34.7 Å². The molecule has 1 amide bonds. The van der Waals surface area contributed by atoms with Crippen LogP contribution in [0.5, 0.6) is 0 Å². The molecule has 2 aromatic rings. The minimum atomic E-state index is -4.49. The van der Waals surface area contributed by atoms with Crippen LogP contribution in [0.15, 0.2) is 36.4 Å². The van der Waals surface area contributed by atoms with Crippen LogP contribution in [-0.2, 0) is 0 Å². The summed E-state index contributed by atoms with van der Waals surface area (Å²) in [4.78, 5) is 16.1. The van der Waals surface area contributed by atoms with Crippen LogP contribution in [0.25, 0.3) is 5.70 Å². The molecule has 1 atom stereocenters. The van der Waals surface area contributed by atoms with Crippen LogP contribution in [0.3, 0.4) is 0 Å². The molecular formula is C18H16F5N5O. The molecule has 6 nitrogen and oxygen atoms in total. The normalized spacial score (nSPS) is 16.7. The molecule has 3 rings (SSSR count). The lowest BCUT2D eigenvalue weighted by Gasteiger charge is -2.23. The average molecular weight is 413 g/mol. The van der Waals surface area contributed by atoms with Crippen molar-refractivity contribution in [1.82, 2.24) is 15.4 Å². The number of carbonyl (C=O) groups excluding carboxylic acids is 1. The molecule has 1 unspecified atom stereocenters. The average Bonchev–Trinajstić information content (AvgIpc) is 3.06. The Morgan fingerprint density at radius 2 is 1.90 bits per heavy atom. The first-order valence-electron chi connectivity index (χ1n) is 8.46. The number of rotatable bonds is 4. The predicted octanol–water partition coefficient (Wildman–Crippen LogP) is 3.31. The molecule has 154 valence electrons. The Balaban J connectivity index is 1.86. The molecule has 0 bridgehead atoms. The van der Waals surface area contributed by atoms with Gasteiger partial charge in [-0.15, -0.1) is 0 Å². The van der Waals surface area contributed by atoms with Gasteiger partial charge in [-0.3, -0.25) is 4.79 Å². The number of hydrogen-bond donors (Lipinski definition) is 3. The van der Waals surface area contributed by atoms with Gasteiger partial charge in [-0.2, -0.15) is 13.2 Å². The van der Waals surface area contributed by atoms with Crippen LogP contribution >= 0.6 is 0 Å². The molecule has 0 saturated carbocycles. The first kappa shape index (κ1) is 20.5. The number of anilines is 2. The van der Waals surface area contributed by atoms with Gasteiger partial charge in [0.1, 0.15) is 34.9 Å². The first-order valence-corrected chi connectivity index (χ1v) is 8.46. The minimum absolute atomic E-state index is 0.110. The summed E-state index contributed by atoms with van der Waals surface area (Å²) in [5, 5.41) is 3.49. The van der Waals surface area contributed by atoms with Crippen LogP contribution in [0.1, 0.15) is 22.8 Å². The Bertz CT molecular complexity index is 955. The summed E-state index contributed by atoms with van der Waals surface area (Å²) in [6.07, 6.45) is -3.51. The number of carbonyl (C=O) groups is 1.